The first-order valence-electron chi connectivity index (χ1n) is 10.3. The van der Waals surface area contributed by atoms with Gasteiger partial charge in [0.1, 0.15) is 16.9 Å². The maximum Gasteiger partial charge on any atom is 0.261 e. The molecule has 2 aromatic heterocycles. The molecule has 5 rings (SSSR count). The molecule has 3 aromatic rings. The Morgan fingerprint density at radius 3 is 3.10 bits per heavy atom. The van der Waals surface area contributed by atoms with Crippen molar-refractivity contribution in [1.82, 2.24) is 14.6 Å². The van der Waals surface area contributed by atoms with Gasteiger partial charge in [-0.25, -0.2) is 9.50 Å². The Balaban J connectivity index is 1.54. The van der Waals surface area contributed by atoms with E-state index in [2.05, 4.69) is 34.1 Å². The number of fused-ring (bicyclic) bond motifs is 2. The number of hydrogen-bond donors (Lipinski definition) is 2. The summed E-state index contributed by atoms with van der Waals surface area (Å²) in [5.41, 5.74) is 3.30. The number of anilines is 2. The molecule has 0 saturated carbocycles. The highest BCUT2D eigenvalue weighted by atomic mass is 16.5. The number of carbonyl (C=O) groups excluding carboxylic acids is 1. The molecule has 156 valence electrons. The normalized spacial score (nSPS) is 19.7. The zero-order valence-corrected chi connectivity index (χ0v) is 17.1. The first-order chi connectivity index (χ1) is 14.4. The molecular weight excluding hydrogens is 382 g/mol. The molecule has 2 aliphatic rings. The standard InChI is InChI=1S/C22H25N5O3/c1-22(2)11-14-9-17(18(10-19(14)30-22)26-7-3-5-15(26)13-28)25-21(29)16-12-24-27-8-4-6-23-20(16)27/h4,6,8-10,12,15,28H,3,5,7,11,13H2,1-2H3,(H,25,29). The van der Waals surface area contributed by atoms with Gasteiger partial charge in [-0.2, -0.15) is 5.10 Å². The molecule has 0 radical (unpaired) electrons. The second kappa shape index (κ2) is 6.98. The lowest BCUT2D eigenvalue weighted by molar-refractivity contribution is 0.102. The Morgan fingerprint density at radius 1 is 1.40 bits per heavy atom. The molecule has 4 heterocycles. The average Bonchev–Trinajstić information content (AvgIpc) is 3.42. The summed E-state index contributed by atoms with van der Waals surface area (Å²) in [5, 5.41) is 17.1. The maximum atomic E-state index is 13.1. The van der Waals surface area contributed by atoms with Crippen molar-refractivity contribution in [1.29, 1.82) is 0 Å². The van der Waals surface area contributed by atoms with Gasteiger partial charge < -0.3 is 20.1 Å². The monoisotopic (exact) mass is 407 g/mol. The van der Waals surface area contributed by atoms with Crippen LogP contribution < -0.4 is 15.0 Å². The topological polar surface area (TPSA) is 92.0 Å². The molecule has 1 amide bonds. The van der Waals surface area contributed by atoms with E-state index in [-0.39, 0.29) is 24.2 Å². The number of aliphatic hydroxyl groups excluding tert-OH is 1. The maximum absolute atomic E-state index is 13.1. The van der Waals surface area contributed by atoms with Crippen LogP contribution in [0.2, 0.25) is 0 Å². The Hall–Kier alpha value is -3.13. The highest BCUT2D eigenvalue weighted by Gasteiger charge is 2.34. The SMILES string of the molecule is CC1(C)Cc2cc(NC(=O)c3cnn4cccnc34)c(N3CCCC3CO)cc2O1. The number of hydrogen-bond acceptors (Lipinski definition) is 6. The van der Waals surface area contributed by atoms with E-state index < -0.39 is 0 Å². The van der Waals surface area contributed by atoms with Gasteiger partial charge in [0.2, 0.25) is 0 Å². The Kier molecular flexibility index (Phi) is 4.39. The van der Waals surface area contributed by atoms with Gasteiger partial charge in [0.05, 0.1) is 30.2 Å². The number of aliphatic hydroxyl groups is 1. The van der Waals surface area contributed by atoms with Crippen LogP contribution in [0.3, 0.4) is 0 Å². The van der Waals surface area contributed by atoms with Crippen LogP contribution >= 0.6 is 0 Å². The van der Waals surface area contributed by atoms with Gasteiger partial charge in [0, 0.05) is 37.0 Å². The fraction of sp³-hybridized carbons (Fsp3) is 0.409. The number of nitrogens with one attached hydrogen (secondary N) is 1. The smallest absolute Gasteiger partial charge is 0.261 e. The third-order valence-corrected chi connectivity index (χ3v) is 5.85. The van der Waals surface area contributed by atoms with Gasteiger partial charge in [0.15, 0.2) is 5.65 Å². The number of carbonyl (C=O) groups is 1. The summed E-state index contributed by atoms with van der Waals surface area (Å²) in [5.74, 6) is 0.581. The first kappa shape index (κ1) is 18.9. The largest absolute Gasteiger partial charge is 0.487 e. The molecule has 30 heavy (non-hydrogen) atoms. The minimum Gasteiger partial charge on any atom is -0.487 e. The van der Waals surface area contributed by atoms with Crippen LogP contribution in [0.1, 0.15) is 42.6 Å². The zero-order valence-electron chi connectivity index (χ0n) is 17.1. The summed E-state index contributed by atoms with van der Waals surface area (Å²) in [6.45, 7) is 5.02. The number of nitrogens with zero attached hydrogens (tertiary/aromatic N) is 4. The van der Waals surface area contributed by atoms with Crippen molar-refractivity contribution in [2.45, 2.75) is 44.8 Å². The van der Waals surface area contributed by atoms with Crippen molar-refractivity contribution >= 4 is 22.9 Å². The van der Waals surface area contributed by atoms with Crippen LogP contribution in [0.4, 0.5) is 11.4 Å². The van der Waals surface area contributed by atoms with E-state index in [9.17, 15) is 9.90 Å². The highest BCUT2D eigenvalue weighted by molar-refractivity contribution is 6.09. The van der Waals surface area contributed by atoms with Crippen molar-refractivity contribution in [3.8, 4) is 5.75 Å². The summed E-state index contributed by atoms with van der Waals surface area (Å²) in [6.07, 6.45) is 7.63. The highest BCUT2D eigenvalue weighted by Crippen LogP contribution is 2.43. The van der Waals surface area contributed by atoms with Crippen molar-refractivity contribution < 1.29 is 14.6 Å². The lowest BCUT2D eigenvalue weighted by Gasteiger charge is -2.28. The van der Waals surface area contributed by atoms with Gasteiger partial charge in [0.25, 0.3) is 5.91 Å². The molecule has 1 fully saturated rings. The van der Waals surface area contributed by atoms with Crippen molar-refractivity contribution in [3.63, 3.8) is 0 Å². The van der Waals surface area contributed by atoms with Crippen molar-refractivity contribution in [2.75, 3.05) is 23.4 Å². The quantitative estimate of drug-likeness (QED) is 0.691. The van der Waals surface area contributed by atoms with Gasteiger partial charge in [-0.05, 0) is 38.8 Å². The van der Waals surface area contributed by atoms with E-state index in [0.29, 0.717) is 11.2 Å². The van der Waals surface area contributed by atoms with Crippen LogP contribution in [0.5, 0.6) is 5.75 Å². The van der Waals surface area contributed by atoms with Crippen molar-refractivity contribution in [2.24, 2.45) is 0 Å². The fourth-order valence-electron chi connectivity index (χ4n) is 4.50. The summed E-state index contributed by atoms with van der Waals surface area (Å²) in [7, 11) is 0. The van der Waals surface area contributed by atoms with E-state index in [1.165, 1.54) is 6.20 Å². The number of rotatable bonds is 4. The lowest BCUT2D eigenvalue weighted by Crippen LogP contribution is -2.33. The van der Waals surface area contributed by atoms with E-state index in [1.807, 2.05) is 12.1 Å². The molecule has 1 saturated heterocycles. The summed E-state index contributed by atoms with van der Waals surface area (Å²) in [6, 6.07) is 5.81. The fourth-order valence-corrected chi connectivity index (χ4v) is 4.50. The minimum absolute atomic E-state index is 0.0340. The molecule has 2 N–H and O–H groups in total. The van der Waals surface area contributed by atoms with E-state index >= 15 is 0 Å². The number of aromatic nitrogens is 3. The zero-order chi connectivity index (χ0) is 20.9. The lowest BCUT2D eigenvalue weighted by atomic mass is 10.0. The van der Waals surface area contributed by atoms with Crippen LogP contribution in [0.25, 0.3) is 5.65 Å². The average molecular weight is 407 g/mol. The van der Waals surface area contributed by atoms with E-state index in [1.54, 1.807) is 23.0 Å². The third-order valence-electron chi connectivity index (χ3n) is 5.85. The molecule has 8 nitrogen and oxygen atoms in total. The number of amides is 1. The molecule has 1 unspecified atom stereocenters. The number of ether oxygens (including phenoxy) is 1. The Labute approximate surface area is 174 Å². The molecular formula is C22H25N5O3. The molecule has 0 bridgehead atoms. The molecule has 1 aromatic carbocycles. The molecule has 1 atom stereocenters. The predicted octanol–water partition coefficient (Wildman–Crippen LogP) is 2.66. The summed E-state index contributed by atoms with van der Waals surface area (Å²) in [4.78, 5) is 19.6. The first-order valence-corrected chi connectivity index (χ1v) is 10.3. The molecule has 8 heteroatoms. The van der Waals surface area contributed by atoms with Crippen LogP contribution in [0, 0.1) is 0 Å². The molecule has 0 spiro atoms. The minimum atomic E-state index is -0.282. The van der Waals surface area contributed by atoms with Crippen LogP contribution in [-0.4, -0.2) is 50.4 Å². The van der Waals surface area contributed by atoms with Gasteiger partial charge in [-0.15, -0.1) is 0 Å². The second-order valence-corrected chi connectivity index (χ2v) is 8.59. The van der Waals surface area contributed by atoms with E-state index in [0.717, 1.165) is 48.5 Å². The third kappa shape index (κ3) is 3.17. The molecule has 0 aliphatic carbocycles. The Morgan fingerprint density at radius 2 is 2.27 bits per heavy atom. The molecule has 2 aliphatic heterocycles. The number of benzene rings is 1. The predicted molar refractivity (Wildman–Crippen MR) is 113 cm³/mol. The van der Waals surface area contributed by atoms with Crippen LogP contribution in [0.15, 0.2) is 36.8 Å². The summed E-state index contributed by atoms with van der Waals surface area (Å²) < 4.78 is 7.71. The summed E-state index contributed by atoms with van der Waals surface area (Å²) >= 11 is 0. The second-order valence-electron chi connectivity index (χ2n) is 8.59. The van der Waals surface area contributed by atoms with Gasteiger partial charge >= 0.3 is 0 Å². The van der Waals surface area contributed by atoms with Crippen molar-refractivity contribution in [3.05, 3.63) is 47.9 Å². The van der Waals surface area contributed by atoms with Crippen LogP contribution in [-0.2, 0) is 6.42 Å². The Bertz CT molecular complexity index is 1120. The van der Waals surface area contributed by atoms with E-state index in [4.69, 9.17) is 4.74 Å². The van der Waals surface area contributed by atoms with Gasteiger partial charge in [-0.1, -0.05) is 0 Å². The van der Waals surface area contributed by atoms with Gasteiger partial charge in [-0.3, -0.25) is 4.79 Å².